The number of alkyl halides is 2. The van der Waals surface area contributed by atoms with Crippen molar-refractivity contribution in [3.8, 4) is 0 Å². The predicted molar refractivity (Wildman–Crippen MR) is 127 cm³/mol. The van der Waals surface area contributed by atoms with Crippen LogP contribution < -0.4 is 20.0 Å². The lowest BCUT2D eigenvalue weighted by atomic mass is 10.1. The zero-order valence-corrected chi connectivity index (χ0v) is 19.5. The topological polar surface area (TPSA) is 103 Å². The molecule has 0 unspecified atom stereocenters. The molecule has 1 amide bonds. The predicted octanol–water partition coefficient (Wildman–Crippen LogP) is 2.74. The zero-order chi connectivity index (χ0) is 24.6. The van der Waals surface area contributed by atoms with Gasteiger partial charge in [-0.05, 0) is 19.1 Å². The van der Waals surface area contributed by atoms with Crippen LogP contribution in [0.25, 0.3) is 0 Å². The summed E-state index contributed by atoms with van der Waals surface area (Å²) < 4.78 is 26.1. The van der Waals surface area contributed by atoms with Crippen molar-refractivity contribution in [3.63, 3.8) is 0 Å². The van der Waals surface area contributed by atoms with Crippen molar-refractivity contribution in [1.82, 2.24) is 24.9 Å². The molecule has 5 heterocycles. The summed E-state index contributed by atoms with van der Waals surface area (Å²) in [6.45, 7) is 3.53. The van der Waals surface area contributed by atoms with Gasteiger partial charge >= 0.3 is 0 Å². The summed E-state index contributed by atoms with van der Waals surface area (Å²) in [4.78, 5) is 39.4. The third kappa shape index (κ3) is 5.06. The molecule has 0 bridgehead atoms. The molecule has 1 atom stereocenters. The van der Waals surface area contributed by atoms with Gasteiger partial charge in [-0.2, -0.15) is 0 Å². The number of aromatic nitrogens is 5. The van der Waals surface area contributed by atoms with Crippen molar-refractivity contribution in [2.24, 2.45) is 0 Å². The molecule has 2 aliphatic rings. The van der Waals surface area contributed by atoms with Gasteiger partial charge in [-0.25, -0.2) is 33.7 Å². The SMILES string of the molecule is C[C@H]1CN(c2cc(Cl)ncn2)CCN1c1cnc(NC(=O)c2ccc(N3CC(F)(F)C3)nc2)cn1. The first kappa shape index (κ1) is 23.1. The molecule has 10 nitrogen and oxygen atoms in total. The van der Waals surface area contributed by atoms with E-state index in [0.29, 0.717) is 34.7 Å². The molecule has 13 heteroatoms. The van der Waals surface area contributed by atoms with E-state index in [1.807, 2.05) is 0 Å². The van der Waals surface area contributed by atoms with Gasteiger partial charge in [0.05, 0.1) is 31.0 Å². The highest BCUT2D eigenvalue weighted by atomic mass is 35.5. The van der Waals surface area contributed by atoms with Gasteiger partial charge in [0.2, 0.25) is 0 Å². The Labute approximate surface area is 205 Å². The van der Waals surface area contributed by atoms with Gasteiger partial charge in [-0.3, -0.25) is 4.79 Å². The standard InChI is InChI=1S/C22H22ClF2N9O/c1-14-10-32(19-6-16(23)29-13-30-19)4-5-34(14)20-9-26-17(8-28-20)31-21(35)15-2-3-18(27-7-15)33-11-22(24,25)12-33/h2-3,6-9,13-14H,4-5,10-12H2,1H3,(H,26,31,35)/t14-/m0/s1. The van der Waals surface area contributed by atoms with Crippen molar-refractivity contribution in [2.45, 2.75) is 18.9 Å². The maximum atomic E-state index is 13.0. The van der Waals surface area contributed by atoms with Crippen LogP contribution in [0.15, 0.2) is 43.1 Å². The number of halogens is 3. The van der Waals surface area contributed by atoms with Crippen molar-refractivity contribution < 1.29 is 13.6 Å². The summed E-state index contributed by atoms with van der Waals surface area (Å²) >= 11 is 5.99. The first-order valence-electron chi connectivity index (χ1n) is 11.0. The highest BCUT2D eigenvalue weighted by Gasteiger charge is 2.44. The van der Waals surface area contributed by atoms with E-state index in [-0.39, 0.29) is 19.1 Å². The Morgan fingerprint density at radius 3 is 2.43 bits per heavy atom. The van der Waals surface area contributed by atoms with Gasteiger partial charge in [-0.15, -0.1) is 0 Å². The minimum Gasteiger partial charge on any atom is -0.353 e. The average molecular weight is 502 g/mol. The fourth-order valence-electron chi connectivity index (χ4n) is 4.11. The smallest absolute Gasteiger partial charge is 0.282 e. The second-order valence-electron chi connectivity index (χ2n) is 8.52. The van der Waals surface area contributed by atoms with E-state index in [1.54, 1.807) is 24.4 Å². The molecule has 5 rings (SSSR count). The van der Waals surface area contributed by atoms with Crippen LogP contribution in [0.2, 0.25) is 5.15 Å². The molecule has 2 aliphatic heterocycles. The van der Waals surface area contributed by atoms with Crippen LogP contribution in [0.5, 0.6) is 0 Å². The van der Waals surface area contributed by atoms with E-state index < -0.39 is 11.8 Å². The van der Waals surface area contributed by atoms with Gasteiger partial charge < -0.3 is 20.0 Å². The number of rotatable bonds is 5. The zero-order valence-electron chi connectivity index (χ0n) is 18.8. The van der Waals surface area contributed by atoms with Gasteiger partial charge in [0, 0.05) is 37.9 Å². The van der Waals surface area contributed by atoms with Crippen LogP contribution >= 0.6 is 11.6 Å². The number of anilines is 4. The maximum absolute atomic E-state index is 13.0. The number of carbonyl (C=O) groups excluding carboxylic acids is 1. The monoisotopic (exact) mass is 501 g/mol. The number of carbonyl (C=O) groups is 1. The molecule has 3 aromatic heterocycles. The summed E-state index contributed by atoms with van der Waals surface area (Å²) in [6, 6.07) is 4.98. The first-order chi connectivity index (χ1) is 16.8. The fourth-order valence-corrected chi connectivity index (χ4v) is 4.25. The Balaban J connectivity index is 1.17. The van der Waals surface area contributed by atoms with Gasteiger partial charge in [0.1, 0.15) is 28.9 Å². The number of hydrogen-bond acceptors (Lipinski definition) is 9. The lowest BCUT2D eigenvalue weighted by molar-refractivity contribution is -0.0267. The molecule has 0 aromatic carbocycles. The minimum absolute atomic E-state index is 0.142. The number of piperazine rings is 1. The average Bonchev–Trinajstić information content (AvgIpc) is 2.83. The molecule has 0 aliphatic carbocycles. The molecular weight excluding hydrogens is 480 g/mol. The van der Waals surface area contributed by atoms with Crippen LogP contribution in [0.3, 0.4) is 0 Å². The van der Waals surface area contributed by atoms with Crippen molar-refractivity contribution in [2.75, 3.05) is 52.7 Å². The van der Waals surface area contributed by atoms with E-state index in [9.17, 15) is 13.6 Å². The number of amides is 1. The van der Waals surface area contributed by atoms with Crippen LogP contribution in [-0.2, 0) is 0 Å². The first-order valence-corrected chi connectivity index (χ1v) is 11.4. The third-order valence-electron chi connectivity index (χ3n) is 5.92. The summed E-state index contributed by atoms with van der Waals surface area (Å²) in [5.74, 6) is -0.899. The Bertz CT molecular complexity index is 1200. The summed E-state index contributed by atoms with van der Waals surface area (Å²) in [5.41, 5.74) is 0.293. The van der Waals surface area contributed by atoms with Crippen LogP contribution in [0.1, 0.15) is 17.3 Å². The number of pyridine rings is 1. The van der Waals surface area contributed by atoms with Crippen LogP contribution in [-0.4, -0.2) is 75.5 Å². The largest absolute Gasteiger partial charge is 0.353 e. The molecule has 3 aromatic rings. The second-order valence-corrected chi connectivity index (χ2v) is 8.91. The molecule has 1 N–H and O–H groups in total. The molecule has 0 saturated carbocycles. The van der Waals surface area contributed by atoms with E-state index in [4.69, 9.17) is 11.6 Å². The summed E-state index contributed by atoms with van der Waals surface area (Å²) in [6.07, 6.45) is 5.93. The third-order valence-corrected chi connectivity index (χ3v) is 6.13. The molecule has 2 saturated heterocycles. The van der Waals surface area contributed by atoms with E-state index in [0.717, 1.165) is 18.9 Å². The van der Waals surface area contributed by atoms with E-state index >= 15 is 0 Å². The van der Waals surface area contributed by atoms with Crippen LogP contribution in [0.4, 0.5) is 32.1 Å². The van der Waals surface area contributed by atoms with Crippen molar-refractivity contribution >= 4 is 40.8 Å². The molecule has 35 heavy (non-hydrogen) atoms. The molecular formula is C22H22ClF2N9O. The Morgan fingerprint density at radius 1 is 1.00 bits per heavy atom. The summed E-state index contributed by atoms with van der Waals surface area (Å²) in [5, 5.41) is 3.09. The molecule has 2 fully saturated rings. The van der Waals surface area contributed by atoms with Gasteiger partial charge in [-0.1, -0.05) is 11.6 Å². The Hall–Kier alpha value is -3.67. The Kier molecular flexibility index (Phi) is 6.05. The quantitative estimate of drug-likeness (QED) is 0.528. The van der Waals surface area contributed by atoms with Gasteiger partial charge in [0.25, 0.3) is 11.8 Å². The van der Waals surface area contributed by atoms with E-state index in [2.05, 4.69) is 47.0 Å². The lowest BCUT2D eigenvalue weighted by Crippen LogP contribution is -2.56. The number of nitrogens with one attached hydrogen (secondary N) is 1. The van der Waals surface area contributed by atoms with Gasteiger partial charge in [0.15, 0.2) is 5.82 Å². The van der Waals surface area contributed by atoms with Crippen LogP contribution in [0, 0.1) is 0 Å². The number of nitrogens with zero attached hydrogens (tertiary/aromatic N) is 8. The van der Waals surface area contributed by atoms with Crippen molar-refractivity contribution in [3.05, 3.63) is 53.8 Å². The highest BCUT2D eigenvalue weighted by Crippen LogP contribution is 2.30. The maximum Gasteiger partial charge on any atom is 0.282 e. The van der Waals surface area contributed by atoms with E-state index in [1.165, 1.54) is 23.6 Å². The molecule has 0 spiro atoms. The normalized spacial score (nSPS) is 19.3. The number of hydrogen-bond donors (Lipinski definition) is 1. The summed E-state index contributed by atoms with van der Waals surface area (Å²) in [7, 11) is 0. The fraction of sp³-hybridized carbons (Fsp3) is 0.364. The lowest BCUT2D eigenvalue weighted by Gasteiger charge is -2.40. The second kappa shape index (κ2) is 9.17. The molecule has 182 valence electrons. The molecule has 0 radical (unpaired) electrons. The Morgan fingerprint density at radius 2 is 1.80 bits per heavy atom. The van der Waals surface area contributed by atoms with Crippen molar-refractivity contribution in [1.29, 1.82) is 0 Å². The highest BCUT2D eigenvalue weighted by molar-refractivity contribution is 6.29. The minimum atomic E-state index is -2.68.